The minimum atomic E-state index is -0.308. The number of benzene rings is 3. The fourth-order valence-electron chi connectivity index (χ4n) is 2.44. The average Bonchev–Trinajstić information content (AvgIpc) is 2.48. The molecule has 0 amide bonds. The van der Waals surface area contributed by atoms with E-state index in [-0.39, 0.29) is 5.97 Å². The highest BCUT2D eigenvalue weighted by atomic mass is 127. The number of fused-ring (bicyclic) bond motifs is 1. The molecule has 0 heterocycles. The molecule has 0 fully saturated rings. The van der Waals surface area contributed by atoms with Gasteiger partial charge in [-0.2, -0.15) is 0 Å². The normalized spacial score (nSPS) is 10.6. The van der Waals surface area contributed by atoms with Crippen LogP contribution in [0.2, 0.25) is 0 Å². The highest BCUT2D eigenvalue weighted by molar-refractivity contribution is 14.1. The summed E-state index contributed by atoms with van der Waals surface area (Å²) >= 11 is 2.32. The van der Waals surface area contributed by atoms with E-state index in [9.17, 15) is 4.79 Å². The zero-order valence-corrected chi connectivity index (χ0v) is 13.6. The van der Waals surface area contributed by atoms with Gasteiger partial charge in [-0.05, 0) is 45.5 Å². The summed E-state index contributed by atoms with van der Waals surface area (Å²) in [7, 11) is 0. The van der Waals surface area contributed by atoms with Gasteiger partial charge in [0.2, 0.25) is 0 Å². The van der Waals surface area contributed by atoms with Crippen LogP contribution >= 0.6 is 22.6 Å². The highest BCUT2D eigenvalue weighted by Crippen LogP contribution is 2.38. The third-order valence-electron chi connectivity index (χ3n) is 3.29. The smallest absolute Gasteiger partial charge is 0.308 e. The maximum Gasteiger partial charge on any atom is 0.308 e. The predicted octanol–water partition coefficient (Wildman–Crippen LogP) is 5.04. The second kappa shape index (κ2) is 5.85. The molecule has 0 atom stereocenters. The molecule has 0 aliphatic rings. The first-order chi connectivity index (χ1) is 10.2. The molecule has 2 nitrogen and oxygen atoms in total. The second-order valence-electron chi connectivity index (χ2n) is 4.73. The SMILES string of the molecule is CC(=O)Oc1ccccc1-c1c(I)ccc2ccccc12. The van der Waals surface area contributed by atoms with Gasteiger partial charge in [-0.15, -0.1) is 0 Å². The Morgan fingerprint density at radius 3 is 2.48 bits per heavy atom. The third-order valence-corrected chi connectivity index (χ3v) is 4.19. The number of carbonyl (C=O) groups is 1. The standard InChI is InChI=1S/C18H13IO2/c1-12(20)21-17-9-5-4-8-15(17)18-14-7-3-2-6-13(14)10-11-16(18)19/h2-11H,1H3. The summed E-state index contributed by atoms with van der Waals surface area (Å²) in [5.74, 6) is 0.289. The fraction of sp³-hybridized carbons (Fsp3) is 0.0556. The number of halogens is 1. The van der Waals surface area contributed by atoms with Gasteiger partial charge < -0.3 is 4.74 Å². The number of para-hydroxylation sites is 1. The Morgan fingerprint density at radius 2 is 1.67 bits per heavy atom. The van der Waals surface area contributed by atoms with Crippen LogP contribution < -0.4 is 4.74 Å². The van der Waals surface area contributed by atoms with Crippen LogP contribution in [0, 0.1) is 3.57 Å². The third kappa shape index (κ3) is 2.78. The van der Waals surface area contributed by atoms with Crippen LogP contribution in [0.15, 0.2) is 60.7 Å². The molecule has 104 valence electrons. The Labute approximate surface area is 136 Å². The van der Waals surface area contributed by atoms with E-state index in [0.29, 0.717) is 5.75 Å². The van der Waals surface area contributed by atoms with Crippen molar-refractivity contribution in [1.29, 1.82) is 0 Å². The molecule has 0 aliphatic carbocycles. The molecule has 3 heteroatoms. The van der Waals surface area contributed by atoms with Gasteiger partial charge in [-0.25, -0.2) is 0 Å². The Balaban J connectivity index is 2.30. The molecule has 3 rings (SSSR count). The average molecular weight is 388 g/mol. The van der Waals surface area contributed by atoms with E-state index in [1.807, 2.05) is 36.4 Å². The lowest BCUT2D eigenvalue weighted by Crippen LogP contribution is -2.03. The van der Waals surface area contributed by atoms with Gasteiger partial charge in [0.25, 0.3) is 0 Å². The van der Waals surface area contributed by atoms with Crippen molar-refractivity contribution in [2.45, 2.75) is 6.92 Å². The van der Waals surface area contributed by atoms with E-state index in [1.54, 1.807) is 0 Å². The van der Waals surface area contributed by atoms with Crippen LogP contribution in [-0.2, 0) is 4.79 Å². The van der Waals surface area contributed by atoms with Crippen molar-refractivity contribution < 1.29 is 9.53 Å². The Hall–Kier alpha value is -1.88. The maximum atomic E-state index is 11.3. The summed E-state index contributed by atoms with van der Waals surface area (Å²) in [5, 5.41) is 2.33. The molecular formula is C18H13IO2. The van der Waals surface area contributed by atoms with Crippen LogP contribution in [0.5, 0.6) is 5.75 Å². The summed E-state index contributed by atoms with van der Waals surface area (Å²) in [6.45, 7) is 1.42. The molecule has 0 aliphatic heterocycles. The monoisotopic (exact) mass is 388 g/mol. The number of hydrogen-bond acceptors (Lipinski definition) is 2. The second-order valence-corrected chi connectivity index (χ2v) is 5.90. The van der Waals surface area contributed by atoms with E-state index in [1.165, 1.54) is 12.3 Å². The van der Waals surface area contributed by atoms with Crippen LogP contribution in [-0.4, -0.2) is 5.97 Å². The highest BCUT2D eigenvalue weighted by Gasteiger charge is 2.13. The molecule has 0 radical (unpaired) electrons. The summed E-state index contributed by atoms with van der Waals surface area (Å²) in [5.41, 5.74) is 2.04. The van der Waals surface area contributed by atoms with Crippen LogP contribution in [0.25, 0.3) is 21.9 Å². The number of ether oxygens (including phenoxy) is 1. The van der Waals surface area contributed by atoms with Crippen LogP contribution in [0.4, 0.5) is 0 Å². The molecular weight excluding hydrogens is 375 g/mol. The van der Waals surface area contributed by atoms with Gasteiger partial charge in [-0.1, -0.05) is 48.5 Å². The number of carbonyl (C=O) groups excluding carboxylic acids is 1. The number of rotatable bonds is 2. The first kappa shape index (κ1) is 14.1. The van der Waals surface area contributed by atoms with Crippen molar-refractivity contribution in [3.8, 4) is 16.9 Å². The predicted molar refractivity (Wildman–Crippen MR) is 93.4 cm³/mol. The minimum Gasteiger partial charge on any atom is -0.426 e. The van der Waals surface area contributed by atoms with Crippen LogP contribution in [0.1, 0.15) is 6.92 Å². The first-order valence-corrected chi connectivity index (χ1v) is 7.70. The van der Waals surface area contributed by atoms with Gasteiger partial charge in [0.15, 0.2) is 0 Å². The van der Waals surface area contributed by atoms with Gasteiger partial charge in [0.1, 0.15) is 5.75 Å². The van der Waals surface area contributed by atoms with Gasteiger partial charge in [0, 0.05) is 21.6 Å². The van der Waals surface area contributed by atoms with Crippen molar-refractivity contribution in [2.24, 2.45) is 0 Å². The number of hydrogen-bond donors (Lipinski definition) is 0. The molecule has 0 N–H and O–H groups in total. The summed E-state index contributed by atoms with van der Waals surface area (Å²) in [6.07, 6.45) is 0. The summed E-state index contributed by atoms with van der Waals surface area (Å²) in [4.78, 5) is 11.3. The zero-order valence-electron chi connectivity index (χ0n) is 11.5. The van der Waals surface area contributed by atoms with Crippen molar-refractivity contribution in [3.63, 3.8) is 0 Å². The largest absolute Gasteiger partial charge is 0.426 e. The Morgan fingerprint density at radius 1 is 0.952 bits per heavy atom. The van der Waals surface area contributed by atoms with E-state index >= 15 is 0 Å². The molecule has 3 aromatic rings. The van der Waals surface area contributed by atoms with E-state index in [2.05, 4.69) is 46.9 Å². The van der Waals surface area contributed by atoms with Crippen molar-refractivity contribution >= 4 is 39.3 Å². The molecule has 0 spiro atoms. The van der Waals surface area contributed by atoms with Gasteiger partial charge in [-0.3, -0.25) is 4.79 Å². The maximum absolute atomic E-state index is 11.3. The first-order valence-electron chi connectivity index (χ1n) is 6.62. The topological polar surface area (TPSA) is 26.3 Å². The van der Waals surface area contributed by atoms with Gasteiger partial charge >= 0.3 is 5.97 Å². The molecule has 0 bridgehead atoms. The molecule has 0 saturated carbocycles. The molecule has 3 aromatic carbocycles. The molecule has 0 aromatic heterocycles. The molecule has 21 heavy (non-hydrogen) atoms. The minimum absolute atomic E-state index is 0.308. The summed E-state index contributed by atoms with van der Waals surface area (Å²) < 4.78 is 6.49. The van der Waals surface area contributed by atoms with E-state index in [0.717, 1.165) is 20.1 Å². The van der Waals surface area contributed by atoms with Crippen molar-refractivity contribution in [1.82, 2.24) is 0 Å². The van der Waals surface area contributed by atoms with Gasteiger partial charge in [0.05, 0.1) is 0 Å². The van der Waals surface area contributed by atoms with E-state index in [4.69, 9.17) is 4.74 Å². The lowest BCUT2D eigenvalue weighted by atomic mass is 9.97. The lowest BCUT2D eigenvalue weighted by molar-refractivity contribution is -0.131. The fourth-order valence-corrected chi connectivity index (χ4v) is 3.20. The molecule has 0 unspecified atom stereocenters. The quantitative estimate of drug-likeness (QED) is 0.350. The Bertz CT molecular complexity index is 824. The number of esters is 1. The summed E-state index contributed by atoms with van der Waals surface area (Å²) in [6, 6.07) is 20.1. The van der Waals surface area contributed by atoms with Crippen LogP contribution in [0.3, 0.4) is 0 Å². The zero-order chi connectivity index (χ0) is 14.8. The van der Waals surface area contributed by atoms with Crippen molar-refractivity contribution in [2.75, 3.05) is 0 Å². The van der Waals surface area contributed by atoms with E-state index < -0.39 is 0 Å². The molecule has 0 saturated heterocycles. The Kier molecular flexibility index (Phi) is 3.92. The lowest BCUT2D eigenvalue weighted by Gasteiger charge is -2.13. The van der Waals surface area contributed by atoms with Crippen molar-refractivity contribution in [3.05, 3.63) is 64.2 Å².